The number of halogens is 3. The minimum atomic E-state index is -4.67. The molecule has 0 amide bonds. The number of nitrogens with one attached hydrogen (secondary N) is 1. The fourth-order valence-corrected chi connectivity index (χ4v) is 3.88. The van der Waals surface area contributed by atoms with E-state index in [0.29, 0.717) is 17.6 Å². The molecule has 0 radical (unpaired) electrons. The van der Waals surface area contributed by atoms with Crippen molar-refractivity contribution < 1.29 is 17.9 Å². The second kappa shape index (κ2) is 5.79. The summed E-state index contributed by atoms with van der Waals surface area (Å²) in [5, 5.41) is 3.87. The maximum absolute atomic E-state index is 12.2. The zero-order valence-corrected chi connectivity index (χ0v) is 12.0. The van der Waals surface area contributed by atoms with Gasteiger partial charge < -0.3 is 10.1 Å². The molecule has 114 valence electrons. The summed E-state index contributed by atoms with van der Waals surface area (Å²) in [5.41, 5.74) is 0.555. The fourth-order valence-electron chi connectivity index (χ4n) is 2.72. The lowest BCUT2D eigenvalue weighted by Crippen LogP contribution is -2.25. The monoisotopic (exact) mass is 316 g/mol. The van der Waals surface area contributed by atoms with Crippen molar-refractivity contribution >= 4 is 22.6 Å². The van der Waals surface area contributed by atoms with Crippen molar-refractivity contribution in [2.75, 3.05) is 11.1 Å². The summed E-state index contributed by atoms with van der Waals surface area (Å²) >= 11 is 1.63. The SMILES string of the molecule is FC(F)(F)Oc1cccc(NC2=NC3CCCC3CS2)c1. The van der Waals surface area contributed by atoms with Crippen LogP contribution in [0.1, 0.15) is 19.3 Å². The van der Waals surface area contributed by atoms with Crippen molar-refractivity contribution in [3.8, 4) is 5.75 Å². The van der Waals surface area contributed by atoms with Crippen LogP contribution in [0, 0.1) is 5.92 Å². The topological polar surface area (TPSA) is 33.6 Å². The van der Waals surface area contributed by atoms with Gasteiger partial charge in [-0.3, -0.25) is 4.99 Å². The number of anilines is 1. The predicted molar refractivity (Wildman–Crippen MR) is 77.8 cm³/mol. The van der Waals surface area contributed by atoms with Crippen LogP contribution in [0.4, 0.5) is 18.9 Å². The number of thioether (sulfide) groups is 1. The molecule has 3 nitrogen and oxygen atoms in total. The van der Waals surface area contributed by atoms with Gasteiger partial charge in [0.1, 0.15) is 5.75 Å². The number of nitrogens with zero attached hydrogens (tertiary/aromatic N) is 1. The highest BCUT2D eigenvalue weighted by Gasteiger charge is 2.32. The lowest BCUT2D eigenvalue weighted by molar-refractivity contribution is -0.274. The van der Waals surface area contributed by atoms with Gasteiger partial charge in [0.25, 0.3) is 0 Å². The number of hydrogen-bond donors (Lipinski definition) is 1. The Balaban J connectivity index is 1.69. The van der Waals surface area contributed by atoms with Gasteiger partial charge >= 0.3 is 6.36 Å². The molecule has 1 aromatic rings. The molecule has 21 heavy (non-hydrogen) atoms. The van der Waals surface area contributed by atoms with Crippen LogP contribution in [-0.4, -0.2) is 23.3 Å². The van der Waals surface area contributed by atoms with Crippen molar-refractivity contribution in [2.45, 2.75) is 31.7 Å². The molecule has 0 aromatic heterocycles. The summed E-state index contributed by atoms with van der Waals surface area (Å²) in [6.07, 6.45) is -1.13. The van der Waals surface area contributed by atoms with E-state index in [9.17, 15) is 13.2 Å². The first kappa shape index (κ1) is 14.6. The van der Waals surface area contributed by atoms with E-state index in [2.05, 4.69) is 15.0 Å². The number of alkyl halides is 3. The number of benzene rings is 1. The van der Waals surface area contributed by atoms with Gasteiger partial charge in [-0.25, -0.2) is 0 Å². The number of amidine groups is 1. The van der Waals surface area contributed by atoms with E-state index in [1.807, 2.05) is 0 Å². The molecule has 1 heterocycles. The van der Waals surface area contributed by atoms with Crippen molar-refractivity contribution in [3.63, 3.8) is 0 Å². The van der Waals surface area contributed by atoms with E-state index in [-0.39, 0.29) is 5.75 Å². The normalized spacial score (nSPS) is 25.2. The molecular weight excluding hydrogens is 301 g/mol. The van der Waals surface area contributed by atoms with Crippen molar-refractivity contribution in [2.24, 2.45) is 10.9 Å². The van der Waals surface area contributed by atoms with E-state index in [4.69, 9.17) is 0 Å². The number of ether oxygens (including phenoxy) is 1. The van der Waals surface area contributed by atoms with Gasteiger partial charge in [0.15, 0.2) is 5.17 Å². The van der Waals surface area contributed by atoms with Gasteiger partial charge in [-0.2, -0.15) is 0 Å². The maximum Gasteiger partial charge on any atom is 0.573 e. The number of aliphatic imine (C=N–C) groups is 1. The highest BCUT2D eigenvalue weighted by molar-refractivity contribution is 8.14. The van der Waals surface area contributed by atoms with Crippen LogP contribution < -0.4 is 10.1 Å². The molecule has 3 rings (SSSR count). The van der Waals surface area contributed by atoms with Crippen LogP contribution in [0.15, 0.2) is 29.3 Å². The number of hydrogen-bond acceptors (Lipinski definition) is 4. The van der Waals surface area contributed by atoms with Gasteiger partial charge in [-0.05, 0) is 30.9 Å². The van der Waals surface area contributed by atoms with Crippen LogP contribution >= 0.6 is 11.8 Å². The van der Waals surface area contributed by atoms with Gasteiger partial charge in [-0.15, -0.1) is 13.2 Å². The Labute approximate surface area is 125 Å². The Bertz CT molecular complexity index is 547. The number of rotatable bonds is 2. The molecule has 1 aliphatic carbocycles. The highest BCUT2D eigenvalue weighted by Crippen LogP contribution is 2.36. The van der Waals surface area contributed by atoms with E-state index in [1.165, 1.54) is 31.0 Å². The van der Waals surface area contributed by atoms with E-state index in [1.54, 1.807) is 17.8 Å². The Morgan fingerprint density at radius 3 is 2.95 bits per heavy atom. The van der Waals surface area contributed by atoms with Crippen molar-refractivity contribution in [1.82, 2.24) is 0 Å². The molecule has 1 N–H and O–H groups in total. The van der Waals surface area contributed by atoms with E-state index in [0.717, 1.165) is 17.3 Å². The minimum Gasteiger partial charge on any atom is -0.406 e. The predicted octanol–water partition coefficient (Wildman–Crippen LogP) is 4.27. The second-order valence-electron chi connectivity index (χ2n) is 5.20. The number of fused-ring (bicyclic) bond motifs is 1. The first-order chi connectivity index (χ1) is 9.99. The zero-order valence-electron chi connectivity index (χ0n) is 11.2. The second-order valence-corrected chi connectivity index (χ2v) is 6.21. The van der Waals surface area contributed by atoms with Gasteiger partial charge in [0.05, 0.1) is 6.04 Å². The molecular formula is C14H15F3N2OS. The van der Waals surface area contributed by atoms with Crippen LogP contribution in [0.2, 0.25) is 0 Å². The molecule has 2 unspecified atom stereocenters. The lowest BCUT2D eigenvalue weighted by Gasteiger charge is -2.23. The average molecular weight is 316 g/mol. The largest absolute Gasteiger partial charge is 0.573 e. The summed E-state index contributed by atoms with van der Waals surface area (Å²) in [6.45, 7) is 0. The molecule has 0 bridgehead atoms. The maximum atomic E-state index is 12.2. The molecule has 1 aromatic carbocycles. The standard InChI is InChI=1S/C14H15F3N2OS/c15-14(16,17)20-11-5-2-4-10(7-11)18-13-19-12-6-1-3-9(12)8-21-13/h2,4-5,7,9,12H,1,3,6,8H2,(H,18,19). The molecule has 1 fully saturated rings. The first-order valence-corrected chi connectivity index (χ1v) is 7.81. The Kier molecular flexibility index (Phi) is 4.01. The van der Waals surface area contributed by atoms with Crippen LogP contribution in [-0.2, 0) is 0 Å². The summed E-state index contributed by atoms with van der Waals surface area (Å²) in [4.78, 5) is 4.65. The average Bonchev–Trinajstić information content (AvgIpc) is 2.84. The summed E-state index contributed by atoms with van der Waals surface area (Å²) in [7, 11) is 0. The molecule has 2 atom stereocenters. The molecule has 2 aliphatic rings. The molecule has 0 spiro atoms. The summed E-state index contributed by atoms with van der Waals surface area (Å²) < 4.78 is 40.5. The van der Waals surface area contributed by atoms with E-state index >= 15 is 0 Å². The van der Waals surface area contributed by atoms with Crippen LogP contribution in [0.25, 0.3) is 0 Å². The van der Waals surface area contributed by atoms with Crippen LogP contribution in [0.3, 0.4) is 0 Å². The Morgan fingerprint density at radius 2 is 2.14 bits per heavy atom. The van der Waals surface area contributed by atoms with Gasteiger partial charge in [0, 0.05) is 17.5 Å². The summed E-state index contributed by atoms with van der Waals surface area (Å²) in [5.74, 6) is 1.45. The zero-order chi connectivity index (χ0) is 14.9. The van der Waals surface area contributed by atoms with E-state index < -0.39 is 6.36 Å². The smallest absolute Gasteiger partial charge is 0.406 e. The fraction of sp³-hybridized carbons (Fsp3) is 0.500. The molecule has 7 heteroatoms. The van der Waals surface area contributed by atoms with Crippen molar-refractivity contribution in [3.05, 3.63) is 24.3 Å². The molecule has 1 aliphatic heterocycles. The van der Waals surface area contributed by atoms with Crippen molar-refractivity contribution in [1.29, 1.82) is 0 Å². The lowest BCUT2D eigenvalue weighted by atomic mass is 10.1. The molecule has 0 saturated heterocycles. The highest BCUT2D eigenvalue weighted by atomic mass is 32.2. The van der Waals surface area contributed by atoms with Gasteiger partial charge in [-0.1, -0.05) is 24.2 Å². The third-order valence-corrected chi connectivity index (χ3v) is 4.73. The van der Waals surface area contributed by atoms with Crippen LogP contribution in [0.5, 0.6) is 5.75 Å². The quantitative estimate of drug-likeness (QED) is 0.884. The third kappa shape index (κ3) is 3.84. The molecule has 1 saturated carbocycles. The van der Waals surface area contributed by atoms with Gasteiger partial charge in [0.2, 0.25) is 0 Å². The first-order valence-electron chi connectivity index (χ1n) is 6.83. The third-order valence-electron chi connectivity index (χ3n) is 3.66. The Morgan fingerprint density at radius 1 is 1.29 bits per heavy atom. The summed E-state index contributed by atoms with van der Waals surface area (Å²) in [6, 6.07) is 6.20. The Hall–Kier alpha value is -1.37. The minimum absolute atomic E-state index is 0.229.